The van der Waals surface area contributed by atoms with E-state index in [9.17, 15) is 9.90 Å². The summed E-state index contributed by atoms with van der Waals surface area (Å²) in [6, 6.07) is 0. The van der Waals surface area contributed by atoms with Crippen LogP contribution in [0.5, 0.6) is 0 Å². The molecule has 0 bridgehead atoms. The van der Waals surface area contributed by atoms with Crippen LogP contribution in [0.1, 0.15) is 20.3 Å². The highest BCUT2D eigenvalue weighted by atomic mass is 32.2. The first-order valence-corrected chi connectivity index (χ1v) is 5.38. The molecule has 1 aliphatic rings. The molecular formula is C11H14O2S. The molecule has 0 aliphatic carbocycles. The van der Waals surface area contributed by atoms with E-state index in [4.69, 9.17) is 0 Å². The smallest absolute Gasteiger partial charge is 0.216 e. The summed E-state index contributed by atoms with van der Waals surface area (Å²) in [7, 11) is 0. The van der Waals surface area contributed by atoms with Crippen molar-refractivity contribution >= 4 is 16.9 Å². The van der Waals surface area contributed by atoms with Gasteiger partial charge in [0, 0.05) is 6.08 Å². The molecule has 0 aromatic carbocycles. The lowest BCUT2D eigenvalue weighted by Crippen LogP contribution is -2.16. The largest absolute Gasteiger partial charge is 0.510 e. The molecule has 1 aliphatic heterocycles. The van der Waals surface area contributed by atoms with Gasteiger partial charge in [-0.25, -0.2) is 0 Å². The number of hydrogen-bond donors (Lipinski definition) is 1. The van der Waals surface area contributed by atoms with Gasteiger partial charge < -0.3 is 5.11 Å². The Balaban J connectivity index is 2.69. The molecule has 0 saturated heterocycles. The van der Waals surface area contributed by atoms with Crippen molar-refractivity contribution in [2.45, 2.75) is 25.0 Å². The van der Waals surface area contributed by atoms with Gasteiger partial charge in [-0.1, -0.05) is 43.0 Å². The second-order valence-corrected chi connectivity index (χ2v) is 4.71. The minimum absolute atomic E-state index is 0.0888. The zero-order chi connectivity index (χ0) is 10.6. The van der Waals surface area contributed by atoms with Gasteiger partial charge in [-0.3, -0.25) is 4.79 Å². The van der Waals surface area contributed by atoms with Crippen LogP contribution in [0.2, 0.25) is 0 Å². The molecular weight excluding hydrogens is 196 g/mol. The molecule has 0 spiro atoms. The summed E-state index contributed by atoms with van der Waals surface area (Å²) in [5.74, 6) is 0.133. The molecule has 0 aromatic rings. The maximum Gasteiger partial charge on any atom is 0.216 e. The van der Waals surface area contributed by atoms with Gasteiger partial charge in [0.15, 0.2) is 0 Å². The predicted molar refractivity (Wildman–Crippen MR) is 60.3 cm³/mol. The molecule has 1 rings (SSSR count). The summed E-state index contributed by atoms with van der Waals surface area (Å²) in [6.45, 7) is 3.88. The molecule has 2 nitrogen and oxygen atoms in total. The Bertz CT molecular complexity index is 315. The van der Waals surface area contributed by atoms with Crippen LogP contribution in [0.25, 0.3) is 0 Å². The van der Waals surface area contributed by atoms with E-state index in [1.807, 2.05) is 31.2 Å². The van der Waals surface area contributed by atoms with Crippen molar-refractivity contribution in [3.8, 4) is 0 Å². The number of hydrogen-bond acceptors (Lipinski definition) is 3. The van der Waals surface area contributed by atoms with Crippen LogP contribution < -0.4 is 0 Å². The van der Waals surface area contributed by atoms with Crippen LogP contribution in [-0.2, 0) is 4.79 Å². The molecule has 0 fully saturated rings. The summed E-state index contributed by atoms with van der Waals surface area (Å²) in [5.41, 5.74) is 0. The first-order valence-electron chi connectivity index (χ1n) is 4.57. The molecule has 1 heterocycles. The SMILES string of the molecule is CC/C=C/C=C/[C@@]1(C)SC(=O)C=C1O. The van der Waals surface area contributed by atoms with Gasteiger partial charge in [0.05, 0.1) is 4.75 Å². The van der Waals surface area contributed by atoms with Gasteiger partial charge in [0.2, 0.25) is 5.12 Å². The molecule has 0 aromatic heterocycles. The summed E-state index contributed by atoms with van der Waals surface area (Å²) in [6.07, 6.45) is 9.89. The third-order valence-electron chi connectivity index (χ3n) is 1.97. The van der Waals surface area contributed by atoms with Crippen LogP contribution in [-0.4, -0.2) is 15.0 Å². The number of carbonyl (C=O) groups is 1. The molecule has 1 N–H and O–H groups in total. The van der Waals surface area contributed by atoms with Crippen molar-refractivity contribution in [1.82, 2.24) is 0 Å². The van der Waals surface area contributed by atoms with Crippen LogP contribution in [0, 0.1) is 0 Å². The number of rotatable bonds is 3. The fraction of sp³-hybridized carbons (Fsp3) is 0.364. The van der Waals surface area contributed by atoms with Crippen LogP contribution in [0.15, 0.2) is 36.1 Å². The minimum Gasteiger partial charge on any atom is -0.510 e. The third kappa shape index (κ3) is 2.51. The average Bonchev–Trinajstić information content (AvgIpc) is 2.36. The van der Waals surface area contributed by atoms with E-state index < -0.39 is 4.75 Å². The van der Waals surface area contributed by atoms with Crippen molar-refractivity contribution in [3.05, 3.63) is 36.1 Å². The van der Waals surface area contributed by atoms with E-state index >= 15 is 0 Å². The Morgan fingerprint density at radius 2 is 2.29 bits per heavy atom. The number of thioether (sulfide) groups is 1. The van der Waals surface area contributed by atoms with E-state index in [2.05, 4.69) is 6.92 Å². The molecule has 0 saturated carbocycles. The molecule has 0 unspecified atom stereocenters. The second kappa shape index (κ2) is 4.51. The Morgan fingerprint density at radius 3 is 2.79 bits per heavy atom. The monoisotopic (exact) mass is 210 g/mol. The van der Waals surface area contributed by atoms with E-state index in [0.29, 0.717) is 0 Å². The van der Waals surface area contributed by atoms with Crippen molar-refractivity contribution in [1.29, 1.82) is 0 Å². The molecule has 3 heteroatoms. The van der Waals surface area contributed by atoms with Gasteiger partial charge in [0.25, 0.3) is 0 Å². The molecule has 0 radical (unpaired) electrons. The molecule has 0 amide bonds. The standard InChI is InChI=1S/C11H14O2S/c1-3-4-5-6-7-11(2)9(12)8-10(13)14-11/h4-8,12H,3H2,1-2H3/b5-4+,7-6+/t11-/m1/s1. The zero-order valence-corrected chi connectivity index (χ0v) is 9.17. The van der Waals surface area contributed by atoms with Gasteiger partial charge in [0.1, 0.15) is 5.76 Å². The lowest BCUT2D eigenvalue weighted by atomic mass is 10.1. The number of aliphatic hydroxyl groups is 1. The highest BCUT2D eigenvalue weighted by Crippen LogP contribution is 2.39. The first kappa shape index (κ1) is 11.1. The quantitative estimate of drug-likeness (QED) is 0.728. The van der Waals surface area contributed by atoms with Crippen LogP contribution in [0.4, 0.5) is 0 Å². The third-order valence-corrected chi connectivity index (χ3v) is 3.06. The summed E-state index contributed by atoms with van der Waals surface area (Å²) < 4.78 is -0.574. The Labute approximate surface area is 88.4 Å². The summed E-state index contributed by atoms with van der Waals surface area (Å²) >= 11 is 1.13. The maximum absolute atomic E-state index is 11.0. The van der Waals surface area contributed by atoms with E-state index in [1.165, 1.54) is 6.08 Å². The lowest BCUT2D eigenvalue weighted by Gasteiger charge is -2.16. The highest BCUT2D eigenvalue weighted by Gasteiger charge is 2.35. The normalized spacial score (nSPS) is 27.9. The second-order valence-electron chi connectivity index (χ2n) is 3.25. The number of aliphatic hydroxyl groups excluding tert-OH is 1. The van der Waals surface area contributed by atoms with Crippen LogP contribution >= 0.6 is 11.8 Å². The maximum atomic E-state index is 11.0. The van der Waals surface area contributed by atoms with E-state index in [-0.39, 0.29) is 10.9 Å². The van der Waals surface area contributed by atoms with Gasteiger partial charge in [-0.2, -0.15) is 0 Å². The number of carbonyl (C=O) groups excluding carboxylic acids is 1. The fourth-order valence-electron chi connectivity index (χ4n) is 1.12. The average molecular weight is 210 g/mol. The van der Waals surface area contributed by atoms with Crippen molar-refractivity contribution in [2.24, 2.45) is 0 Å². The van der Waals surface area contributed by atoms with Gasteiger partial charge >= 0.3 is 0 Å². The van der Waals surface area contributed by atoms with Crippen molar-refractivity contribution < 1.29 is 9.90 Å². The first-order chi connectivity index (χ1) is 6.58. The van der Waals surface area contributed by atoms with Crippen LogP contribution in [0.3, 0.4) is 0 Å². The number of allylic oxidation sites excluding steroid dienone is 3. The summed E-state index contributed by atoms with van der Waals surface area (Å²) in [4.78, 5) is 11.0. The lowest BCUT2D eigenvalue weighted by molar-refractivity contribution is -0.106. The molecule has 14 heavy (non-hydrogen) atoms. The summed E-state index contributed by atoms with van der Waals surface area (Å²) in [5, 5.41) is 9.43. The van der Waals surface area contributed by atoms with E-state index in [1.54, 1.807) is 0 Å². The topological polar surface area (TPSA) is 37.3 Å². The highest BCUT2D eigenvalue weighted by molar-refractivity contribution is 8.15. The van der Waals surface area contributed by atoms with Gasteiger partial charge in [-0.15, -0.1) is 0 Å². The molecule has 76 valence electrons. The Morgan fingerprint density at radius 1 is 1.57 bits per heavy atom. The Hall–Kier alpha value is -0.960. The van der Waals surface area contributed by atoms with E-state index in [0.717, 1.165) is 18.2 Å². The van der Waals surface area contributed by atoms with Crippen molar-refractivity contribution in [3.63, 3.8) is 0 Å². The fourth-order valence-corrected chi connectivity index (χ4v) is 2.02. The zero-order valence-electron chi connectivity index (χ0n) is 8.36. The van der Waals surface area contributed by atoms with Crippen molar-refractivity contribution in [2.75, 3.05) is 0 Å². The predicted octanol–water partition coefficient (Wildman–Crippen LogP) is 2.98. The van der Waals surface area contributed by atoms with Gasteiger partial charge in [-0.05, 0) is 13.3 Å². The Kier molecular flexibility index (Phi) is 3.58. The molecule has 1 atom stereocenters. The minimum atomic E-state index is -0.574.